The first-order valence-electron chi connectivity index (χ1n) is 13.8. The number of anilines is 2. The zero-order valence-electron chi connectivity index (χ0n) is 23.7. The minimum atomic E-state index is -0.228. The summed E-state index contributed by atoms with van der Waals surface area (Å²) in [5.74, 6) is 1.20. The topological polar surface area (TPSA) is 70.4 Å². The summed E-state index contributed by atoms with van der Waals surface area (Å²) >= 11 is 6.88. The van der Waals surface area contributed by atoms with Crippen molar-refractivity contribution in [3.05, 3.63) is 105 Å². The molecule has 2 aromatic carbocycles. The van der Waals surface area contributed by atoms with Gasteiger partial charge in [-0.3, -0.25) is 18.9 Å². The first-order valence-corrected chi connectivity index (χ1v) is 15.1. The van der Waals surface area contributed by atoms with E-state index in [9.17, 15) is 9.59 Å². The van der Waals surface area contributed by atoms with E-state index in [1.807, 2.05) is 68.4 Å². The van der Waals surface area contributed by atoms with Gasteiger partial charge in [0, 0.05) is 38.1 Å². The minimum absolute atomic E-state index is 0.203. The van der Waals surface area contributed by atoms with Gasteiger partial charge in [-0.1, -0.05) is 60.4 Å². The zero-order valence-corrected chi connectivity index (χ0v) is 25.3. The molecule has 0 aliphatic carbocycles. The summed E-state index contributed by atoms with van der Waals surface area (Å²) in [6.07, 6.45) is 3.47. The van der Waals surface area contributed by atoms with Gasteiger partial charge in [-0.15, -0.1) is 0 Å². The first-order chi connectivity index (χ1) is 20.3. The lowest BCUT2D eigenvalue weighted by Crippen LogP contribution is -2.47. The van der Waals surface area contributed by atoms with Crippen LogP contribution in [0.4, 0.5) is 11.5 Å². The van der Waals surface area contributed by atoms with Crippen LogP contribution in [0.25, 0.3) is 11.7 Å². The van der Waals surface area contributed by atoms with Crippen molar-refractivity contribution in [1.82, 2.24) is 14.3 Å². The molecule has 2 aliphatic rings. The number of hydrogen-bond acceptors (Lipinski definition) is 8. The van der Waals surface area contributed by atoms with Crippen LogP contribution in [0.15, 0.2) is 82.6 Å². The number of rotatable bonds is 6. The number of thiocarbonyl (C=S) groups is 1. The number of aromatic nitrogens is 2. The molecule has 2 saturated heterocycles. The number of ether oxygens (including phenoxy) is 1. The molecule has 2 aromatic heterocycles. The number of fused-ring (bicyclic) bond motifs is 1. The van der Waals surface area contributed by atoms with Crippen LogP contribution in [-0.2, 0) is 4.79 Å². The van der Waals surface area contributed by atoms with E-state index in [-0.39, 0.29) is 17.5 Å². The van der Waals surface area contributed by atoms with Crippen LogP contribution in [0, 0.1) is 6.92 Å². The molecule has 0 spiro atoms. The molecule has 0 unspecified atom stereocenters. The van der Waals surface area contributed by atoms with E-state index < -0.39 is 0 Å². The molecule has 0 bridgehead atoms. The maximum absolute atomic E-state index is 14.0. The summed E-state index contributed by atoms with van der Waals surface area (Å²) in [5, 5.41) is 0. The highest BCUT2D eigenvalue weighted by atomic mass is 32.2. The van der Waals surface area contributed by atoms with Gasteiger partial charge >= 0.3 is 0 Å². The van der Waals surface area contributed by atoms with Crippen LogP contribution in [0.3, 0.4) is 0 Å². The van der Waals surface area contributed by atoms with E-state index >= 15 is 0 Å². The van der Waals surface area contributed by atoms with Gasteiger partial charge in [-0.2, -0.15) is 0 Å². The fourth-order valence-electron chi connectivity index (χ4n) is 5.41. The Morgan fingerprint density at radius 2 is 1.64 bits per heavy atom. The first kappa shape index (κ1) is 28.0. The number of pyridine rings is 1. The Balaban J connectivity index is 1.34. The van der Waals surface area contributed by atoms with E-state index in [4.69, 9.17) is 21.9 Å². The molecule has 0 N–H and O–H groups in total. The monoisotopic (exact) mass is 597 g/mol. The van der Waals surface area contributed by atoms with Crippen molar-refractivity contribution in [2.24, 2.45) is 0 Å². The van der Waals surface area contributed by atoms with Crippen molar-refractivity contribution in [1.29, 1.82) is 0 Å². The van der Waals surface area contributed by atoms with Crippen LogP contribution in [0.5, 0.6) is 5.75 Å². The van der Waals surface area contributed by atoms with Crippen LogP contribution >= 0.6 is 24.0 Å². The van der Waals surface area contributed by atoms with E-state index in [0.717, 1.165) is 35.7 Å². The normalized spacial score (nSPS) is 17.4. The molecule has 2 fully saturated rings. The molecule has 0 radical (unpaired) electrons. The smallest absolute Gasteiger partial charge is 0.267 e. The number of benzene rings is 2. The quantitative estimate of drug-likeness (QED) is 0.219. The second-order valence-corrected chi connectivity index (χ2v) is 12.1. The summed E-state index contributed by atoms with van der Waals surface area (Å²) in [4.78, 5) is 39.1. The Morgan fingerprint density at radius 1 is 0.952 bits per heavy atom. The highest BCUT2D eigenvalue weighted by molar-refractivity contribution is 8.26. The number of methoxy groups -OCH3 is 1. The molecule has 8 nitrogen and oxygen atoms in total. The molecule has 214 valence electrons. The summed E-state index contributed by atoms with van der Waals surface area (Å²) in [6, 6.07) is 21.4. The van der Waals surface area contributed by atoms with Gasteiger partial charge < -0.3 is 14.5 Å². The Hall–Kier alpha value is -4.15. The van der Waals surface area contributed by atoms with Crippen molar-refractivity contribution < 1.29 is 9.53 Å². The third-order valence-electron chi connectivity index (χ3n) is 7.77. The molecular weight excluding hydrogens is 567 g/mol. The van der Waals surface area contributed by atoms with Crippen LogP contribution in [0.1, 0.15) is 29.7 Å². The van der Waals surface area contributed by atoms with Crippen LogP contribution in [0.2, 0.25) is 0 Å². The van der Waals surface area contributed by atoms with Crippen LogP contribution in [-0.4, -0.2) is 57.8 Å². The summed E-state index contributed by atoms with van der Waals surface area (Å²) in [5.41, 5.74) is 3.81. The Morgan fingerprint density at radius 3 is 2.33 bits per heavy atom. The third kappa shape index (κ3) is 5.28. The highest BCUT2D eigenvalue weighted by Gasteiger charge is 2.36. The number of thioether (sulfide) groups is 1. The molecule has 10 heteroatoms. The largest absolute Gasteiger partial charge is 0.497 e. The molecule has 1 amide bonds. The average Bonchev–Trinajstić information content (AvgIpc) is 3.30. The Kier molecular flexibility index (Phi) is 7.74. The molecule has 4 aromatic rings. The van der Waals surface area contributed by atoms with Gasteiger partial charge in [0.25, 0.3) is 11.5 Å². The highest BCUT2D eigenvalue weighted by Crippen LogP contribution is 2.38. The van der Waals surface area contributed by atoms with Crippen molar-refractivity contribution in [3.63, 3.8) is 0 Å². The van der Waals surface area contributed by atoms with Gasteiger partial charge in [0.05, 0.1) is 23.6 Å². The third-order valence-corrected chi connectivity index (χ3v) is 9.10. The minimum Gasteiger partial charge on any atom is -0.497 e. The summed E-state index contributed by atoms with van der Waals surface area (Å²) in [6.45, 7) is 6.77. The predicted octanol–water partition coefficient (Wildman–Crippen LogP) is 5.30. The standard InChI is InChI=1S/C32H31N5O3S2/c1-21-9-14-28-33-29(35-17-15-34(16-18-35)24-10-12-25(40-3)13-11-24)26(30(38)36(28)20-21)19-27-31(39)37(32(41)42-27)22(2)23-7-5-4-6-8-23/h4-14,19-20,22H,15-18H2,1-3H3/b27-19-/t22-/m1/s1. The summed E-state index contributed by atoms with van der Waals surface area (Å²) in [7, 11) is 1.66. The molecule has 1 atom stereocenters. The molecule has 42 heavy (non-hydrogen) atoms. The van der Waals surface area contributed by atoms with E-state index in [1.165, 1.54) is 11.8 Å². The number of nitrogens with zero attached hydrogens (tertiary/aromatic N) is 5. The van der Waals surface area contributed by atoms with Gasteiger partial charge in [-0.25, -0.2) is 4.98 Å². The molecule has 6 rings (SSSR count). The van der Waals surface area contributed by atoms with E-state index in [2.05, 4.69) is 21.9 Å². The van der Waals surface area contributed by atoms with Gasteiger partial charge in [0.15, 0.2) is 0 Å². The second-order valence-electron chi connectivity index (χ2n) is 10.4. The lowest BCUT2D eigenvalue weighted by molar-refractivity contribution is -0.123. The lowest BCUT2D eigenvalue weighted by atomic mass is 10.1. The second kappa shape index (κ2) is 11.6. The number of aryl methyl sites for hydroxylation is 1. The maximum atomic E-state index is 14.0. The van der Waals surface area contributed by atoms with Crippen molar-refractivity contribution in [2.75, 3.05) is 43.1 Å². The Labute approximate surface area is 254 Å². The van der Waals surface area contributed by atoms with Gasteiger partial charge in [0.1, 0.15) is 21.5 Å². The number of carbonyl (C=O) groups excluding carboxylic acids is 1. The Bertz CT molecular complexity index is 1750. The van der Waals surface area contributed by atoms with Crippen molar-refractivity contribution >= 4 is 57.4 Å². The van der Waals surface area contributed by atoms with Crippen LogP contribution < -0.4 is 20.1 Å². The number of carbonyl (C=O) groups is 1. The average molecular weight is 598 g/mol. The summed E-state index contributed by atoms with van der Waals surface area (Å²) < 4.78 is 7.34. The number of piperazine rings is 1. The van der Waals surface area contributed by atoms with Gasteiger partial charge in [0.2, 0.25) is 0 Å². The number of hydrogen-bond donors (Lipinski definition) is 0. The molecule has 0 saturated carbocycles. The van der Waals surface area contributed by atoms with Gasteiger partial charge in [-0.05, 0) is 61.4 Å². The fourth-order valence-corrected chi connectivity index (χ4v) is 6.81. The lowest BCUT2D eigenvalue weighted by Gasteiger charge is -2.37. The van der Waals surface area contributed by atoms with E-state index in [0.29, 0.717) is 39.3 Å². The van der Waals surface area contributed by atoms with Crippen molar-refractivity contribution in [3.8, 4) is 5.75 Å². The maximum Gasteiger partial charge on any atom is 0.267 e. The zero-order chi connectivity index (χ0) is 29.4. The SMILES string of the molecule is COc1ccc(N2CCN(c3nc4ccc(C)cn4c(=O)c3/C=C3\SC(=S)N([C@H](C)c4ccccc4)C3=O)CC2)cc1. The van der Waals surface area contributed by atoms with Crippen molar-refractivity contribution in [2.45, 2.75) is 19.9 Å². The molecule has 2 aliphatic heterocycles. The fraction of sp³-hybridized carbons (Fsp3) is 0.250. The molecular formula is C32H31N5O3S2. The number of amides is 1. The predicted molar refractivity (Wildman–Crippen MR) is 173 cm³/mol. The van der Waals surface area contributed by atoms with E-state index in [1.54, 1.807) is 28.7 Å². The molecule has 4 heterocycles.